The molecule has 2 aromatic carbocycles. The van der Waals surface area contributed by atoms with E-state index in [0.717, 1.165) is 48.9 Å². The molecule has 1 unspecified atom stereocenters. The Balaban J connectivity index is 1.49. The SMILES string of the molecule is CSC1=NC(c2ccc(C(C)C)cc2)C(C(=O)OCCCc2ccccc2)=C(COCCN2CCCCC2)N1. The van der Waals surface area contributed by atoms with Crippen molar-refractivity contribution in [2.75, 3.05) is 45.7 Å². The minimum Gasteiger partial charge on any atom is -0.462 e. The maximum absolute atomic E-state index is 13.6. The normalized spacial score (nSPS) is 18.2. The Kier molecular flexibility index (Phi) is 11.5. The molecule has 0 amide bonds. The van der Waals surface area contributed by atoms with Crippen molar-refractivity contribution < 1.29 is 14.3 Å². The van der Waals surface area contributed by atoms with Gasteiger partial charge in [0, 0.05) is 6.54 Å². The molecule has 0 bridgehead atoms. The summed E-state index contributed by atoms with van der Waals surface area (Å²) >= 11 is 1.54. The second-order valence-corrected chi connectivity index (χ2v) is 11.4. The molecule has 39 heavy (non-hydrogen) atoms. The number of ether oxygens (including phenoxy) is 2. The van der Waals surface area contributed by atoms with Crippen molar-refractivity contribution in [3.05, 3.63) is 82.6 Å². The summed E-state index contributed by atoms with van der Waals surface area (Å²) in [6, 6.07) is 18.3. The number of aryl methyl sites for hydroxylation is 1. The predicted octanol–water partition coefficient (Wildman–Crippen LogP) is 6.11. The quantitative estimate of drug-likeness (QED) is 0.255. The van der Waals surface area contributed by atoms with Crippen LogP contribution in [0.1, 0.15) is 68.2 Å². The van der Waals surface area contributed by atoms with Gasteiger partial charge in [0.15, 0.2) is 5.17 Å². The van der Waals surface area contributed by atoms with Gasteiger partial charge in [-0.25, -0.2) is 9.79 Å². The molecule has 0 radical (unpaired) electrons. The van der Waals surface area contributed by atoms with Crippen LogP contribution >= 0.6 is 11.8 Å². The van der Waals surface area contributed by atoms with Gasteiger partial charge in [-0.3, -0.25) is 0 Å². The highest BCUT2D eigenvalue weighted by Crippen LogP contribution is 2.33. The lowest BCUT2D eigenvalue weighted by molar-refractivity contribution is -0.139. The third-order valence-corrected chi connectivity index (χ3v) is 7.96. The lowest BCUT2D eigenvalue weighted by atomic mass is 9.93. The zero-order valence-corrected chi connectivity index (χ0v) is 24.5. The molecule has 1 atom stereocenters. The Bertz CT molecular complexity index is 1110. The second-order valence-electron chi connectivity index (χ2n) is 10.6. The van der Waals surface area contributed by atoms with Crippen molar-refractivity contribution in [3.63, 3.8) is 0 Å². The number of nitrogens with zero attached hydrogens (tertiary/aromatic N) is 2. The monoisotopic (exact) mass is 549 g/mol. The van der Waals surface area contributed by atoms with Gasteiger partial charge < -0.3 is 19.7 Å². The molecule has 0 aromatic heterocycles. The van der Waals surface area contributed by atoms with Crippen molar-refractivity contribution in [2.24, 2.45) is 4.99 Å². The first kappa shape index (κ1) is 29.4. The fraction of sp³-hybridized carbons (Fsp3) is 0.500. The van der Waals surface area contributed by atoms with Gasteiger partial charge in [0.05, 0.1) is 31.1 Å². The average Bonchev–Trinajstić information content (AvgIpc) is 2.98. The first-order valence-corrected chi connectivity index (χ1v) is 15.5. The van der Waals surface area contributed by atoms with Crippen LogP contribution in [0, 0.1) is 0 Å². The van der Waals surface area contributed by atoms with Crippen LogP contribution in [0.3, 0.4) is 0 Å². The van der Waals surface area contributed by atoms with E-state index in [0.29, 0.717) is 31.3 Å². The van der Waals surface area contributed by atoms with Crippen molar-refractivity contribution in [1.29, 1.82) is 0 Å². The molecule has 1 fully saturated rings. The maximum Gasteiger partial charge on any atom is 0.338 e. The number of carbonyl (C=O) groups is 1. The number of esters is 1. The van der Waals surface area contributed by atoms with Gasteiger partial charge in [0.25, 0.3) is 0 Å². The minimum absolute atomic E-state index is 0.322. The number of benzene rings is 2. The summed E-state index contributed by atoms with van der Waals surface area (Å²) in [5.41, 5.74) is 4.78. The number of nitrogens with one attached hydrogen (secondary N) is 1. The third-order valence-electron chi connectivity index (χ3n) is 7.37. The maximum atomic E-state index is 13.6. The molecule has 1 saturated heterocycles. The second kappa shape index (κ2) is 15.2. The summed E-state index contributed by atoms with van der Waals surface area (Å²) in [5, 5.41) is 4.15. The Labute approximate surface area is 238 Å². The summed E-state index contributed by atoms with van der Waals surface area (Å²) < 4.78 is 12.0. The number of aliphatic imine (C=N–C) groups is 1. The molecule has 2 heterocycles. The van der Waals surface area contributed by atoms with Crippen molar-refractivity contribution >= 4 is 22.9 Å². The summed E-state index contributed by atoms with van der Waals surface area (Å²) in [7, 11) is 0. The molecule has 2 aliphatic heterocycles. The van der Waals surface area contributed by atoms with Gasteiger partial charge in [-0.2, -0.15) is 0 Å². The molecule has 210 valence electrons. The fourth-order valence-electron chi connectivity index (χ4n) is 5.05. The summed E-state index contributed by atoms with van der Waals surface area (Å²) in [4.78, 5) is 21.0. The lowest BCUT2D eigenvalue weighted by Crippen LogP contribution is -2.35. The molecular formula is C32H43N3O3S. The number of hydrogen-bond donors (Lipinski definition) is 1. The lowest BCUT2D eigenvalue weighted by Gasteiger charge is -2.28. The zero-order valence-electron chi connectivity index (χ0n) is 23.7. The number of amidine groups is 1. The highest BCUT2D eigenvalue weighted by molar-refractivity contribution is 8.13. The number of thioether (sulfide) groups is 1. The first-order chi connectivity index (χ1) is 19.0. The molecule has 1 N–H and O–H groups in total. The van der Waals surface area contributed by atoms with Crippen LogP contribution in [0.4, 0.5) is 0 Å². The number of carbonyl (C=O) groups excluding carboxylic acids is 1. The number of rotatable bonds is 12. The smallest absolute Gasteiger partial charge is 0.338 e. The standard InChI is InChI=1S/C32H43N3O3S/c1-24(2)26-14-16-27(17-15-26)30-29(31(36)38-21-10-13-25-11-6-4-7-12-25)28(33-32(34-30)39-3)23-37-22-20-35-18-8-5-9-19-35/h4,6-7,11-12,14-17,24,30H,5,8-10,13,18-23H2,1-3H3,(H,33,34). The Morgan fingerprint density at radius 1 is 1.05 bits per heavy atom. The molecule has 0 saturated carbocycles. The van der Waals surface area contributed by atoms with E-state index in [1.54, 1.807) is 0 Å². The van der Waals surface area contributed by atoms with Gasteiger partial charge >= 0.3 is 5.97 Å². The number of piperidine rings is 1. The topological polar surface area (TPSA) is 63.2 Å². The van der Waals surface area contributed by atoms with Crippen LogP contribution in [0.5, 0.6) is 0 Å². The number of hydrogen-bond acceptors (Lipinski definition) is 7. The van der Waals surface area contributed by atoms with E-state index in [4.69, 9.17) is 14.5 Å². The van der Waals surface area contributed by atoms with Gasteiger partial charge in [-0.15, -0.1) is 0 Å². The summed E-state index contributed by atoms with van der Waals surface area (Å²) in [5.74, 6) is 0.109. The van der Waals surface area contributed by atoms with E-state index in [1.165, 1.54) is 42.2 Å². The van der Waals surface area contributed by atoms with Crippen LogP contribution < -0.4 is 5.32 Å². The predicted molar refractivity (Wildman–Crippen MR) is 161 cm³/mol. The molecule has 4 rings (SSSR count). The molecule has 7 heteroatoms. The Morgan fingerprint density at radius 2 is 1.79 bits per heavy atom. The van der Waals surface area contributed by atoms with Crippen molar-refractivity contribution in [3.8, 4) is 0 Å². The van der Waals surface area contributed by atoms with Crippen molar-refractivity contribution in [2.45, 2.75) is 57.9 Å². The van der Waals surface area contributed by atoms with E-state index in [2.05, 4.69) is 60.5 Å². The van der Waals surface area contributed by atoms with Crippen LogP contribution in [0.2, 0.25) is 0 Å². The van der Waals surface area contributed by atoms with E-state index in [1.807, 2.05) is 24.5 Å². The Hall–Kier alpha value is -2.61. The fourth-order valence-corrected chi connectivity index (χ4v) is 5.48. The molecule has 6 nitrogen and oxygen atoms in total. The van der Waals surface area contributed by atoms with Crippen LogP contribution in [0.15, 0.2) is 70.9 Å². The van der Waals surface area contributed by atoms with Crippen LogP contribution in [-0.4, -0.2) is 61.7 Å². The van der Waals surface area contributed by atoms with E-state index >= 15 is 0 Å². The first-order valence-electron chi connectivity index (χ1n) is 14.3. The van der Waals surface area contributed by atoms with Crippen LogP contribution in [-0.2, 0) is 20.7 Å². The molecule has 0 aliphatic carbocycles. The largest absolute Gasteiger partial charge is 0.462 e. The van der Waals surface area contributed by atoms with E-state index in [9.17, 15) is 4.79 Å². The van der Waals surface area contributed by atoms with E-state index in [-0.39, 0.29) is 5.97 Å². The van der Waals surface area contributed by atoms with Gasteiger partial charge in [-0.1, -0.05) is 86.6 Å². The third kappa shape index (κ3) is 8.69. The van der Waals surface area contributed by atoms with Crippen LogP contribution in [0.25, 0.3) is 0 Å². The van der Waals surface area contributed by atoms with Gasteiger partial charge in [0.1, 0.15) is 6.04 Å². The van der Waals surface area contributed by atoms with Gasteiger partial charge in [-0.05, 0) is 67.6 Å². The highest BCUT2D eigenvalue weighted by Gasteiger charge is 2.32. The van der Waals surface area contributed by atoms with E-state index < -0.39 is 6.04 Å². The summed E-state index contributed by atoms with van der Waals surface area (Å²) in [6.45, 7) is 8.87. The minimum atomic E-state index is -0.433. The molecule has 2 aromatic rings. The molecule has 0 spiro atoms. The van der Waals surface area contributed by atoms with Gasteiger partial charge in [0.2, 0.25) is 0 Å². The number of likely N-dealkylation sites (tertiary alicyclic amines) is 1. The highest BCUT2D eigenvalue weighted by atomic mass is 32.2. The zero-order chi connectivity index (χ0) is 27.5. The Morgan fingerprint density at radius 3 is 2.49 bits per heavy atom. The average molecular weight is 550 g/mol. The van der Waals surface area contributed by atoms with Crippen molar-refractivity contribution in [1.82, 2.24) is 10.2 Å². The summed E-state index contributed by atoms with van der Waals surface area (Å²) in [6.07, 6.45) is 7.47. The molecule has 2 aliphatic rings. The molecular weight excluding hydrogens is 506 g/mol.